The van der Waals surface area contributed by atoms with Crippen molar-refractivity contribution in [1.82, 2.24) is 9.21 Å². The number of nitrogens with zero attached hydrogens (tertiary/aromatic N) is 3. The second kappa shape index (κ2) is 9.84. The Bertz CT molecular complexity index is 1110. The highest BCUT2D eigenvalue weighted by atomic mass is 32.2. The number of thioether (sulfide) groups is 1. The zero-order valence-corrected chi connectivity index (χ0v) is 20.4. The molecular formula is C23H28N4O4S2. The highest BCUT2D eigenvalue weighted by Crippen LogP contribution is 2.28. The van der Waals surface area contributed by atoms with Crippen LogP contribution in [0, 0.1) is 5.92 Å². The van der Waals surface area contributed by atoms with Crippen molar-refractivity contribution in [3.63, 3.8) is 0 Å². The molecule has 2 aliphatic rings. The van der Waals surface area contributed by atoms with Gasteiger partial charge in [0, 0.05) is 55.4 Å². The molecule has 1 unspecified atom stereocenters. The number of amides is 2. The van der Waals surface area contributed by atoms with Crippen molar-refractivity contribution in [2.75, 3.05) is 56.2 Å². The van der Waals surface area contributed by atoms with Crippen LogP contribution in [0.2, 0.25) is 0 Å². The van der Waals surface area contributed by atoms with Crippen LogP contribution in [0.1, 0.15) is 6.42 Å². The first-order valence-corrected chi connectivity index (χ1v) is 13.5. The molecule has 2 heterocycles. The number of hydrogen-bond donors (Lipinski definition) is 1. The third-order valence-electron chi connectivity index (χ3n) is 6.10. The van der Waals surface area contributed by atoms with E-state index in [0.717, 1.165) is 10.6 Å². The van der Waals surface area contributed by atoms with Gasteiger partial charge >= 0.3 is 0 Å². The number of sulfonamides is 1. The second-order valence-corrected chi connectivity index (χ2v) is 11.1. The molecule has 8 nitrogen and oxygen atoms in total. The summed E-state index contributed by atoms with van der Waals surface area (Å²) in [5, 5.41) is 2.82. The molecule has 0 bridgehead atoms. The molecule has 2 amide bonds. The van der Waals surface area contributed by atoms with Gasteiger partial charge in [-0.1, -0.05) is 0 Å². The van der Waals surface area contributed by atoms with Crippen LogP contribution in [0.5, 0.6) is 0 Å². The first-order chi connectivity index (χ1) is 15.8. The van der Waals surface area contributed by atoms with Gasteiger partial charge in [0.15, 0.2) is 0 Å². The molecule has 0 aliphatic carbocycles. The Morgan fingerprint density at radius 2 is 1.64 bits per heavy atom. The standard InChI is InChI=1S/C23H28N4O4S2/c1-25-11-13-26(14-12-25)33(30,31)21-9-3-18(4-10-21)24-23(29)17-15-22(28)27(16-17)19-5-7-20(32-2)8-6-19/h3-10,17H,11-16H2,1-2H3,(H,24,29). The van der Waals surface area contributed by atoms with Crippen LogP contribution >= 0.6 is 11.8 Å². The Morgan fingerprint density at radius 3 is 2.24 bits per heavy atom. The maximum atomic E-state index is 12.9. The molecule has 0 aromatic heterocycles. The fourth-order valence-electron chi connectivity index (χ4n) is 4.03. The smallest absolute Gasteiger partial charge is 0.243 e. The summed E-state index contributed by atoms with van der Waals surface area (Å²) in [6.45, 7) is 2.64. The number of benzene rings is 2. The average Bonchev–Trinajstić information content (AvgIpc) is 3.21. The maximum Gasteiger partial charge on any atom is 0.243 e. The Morgan fingerprint density at radius 1 is 1.00 bits per heavy atom. The van der Waals surface area contributed by atoms with Crippen LogP contribution in [-0.4, -0.2) is 75.5 Å². The molecule has 2 aliphatic heterocycles. The predicted molar refractivity (Wildman–Crippen MR) is 130 cm³/mol. The Kier molecular flexibility index (Phi) is 7.08. The van der Waals surface area contributed by atoms with Gasteiger partial charge in [-0.2, -0.15) is 4.31 Å². The van der Waals surface area contributed by atoms with Crippen molar-refractivity contribution in [3.05, 3.63) is 48.5 Å². The third-order valence-corrected chi connectivity index (χ3v) is 8.76. The zero-order valence-electron chi connectivity index (χ0n) is 18.7. The van der Waals surface area contributed by atoms with Crippen molar-refractivity contribution >= 4 is 45.0 Å². The normalized spacial score (nSPS) is 20.2. The Hall–Kier alpha value is -2.40. The maximum absolute atomic E-state index is 12.9. The molecule has 4 rings (SSSR count). The largest absolute Gasteiger partial charge is 0.326 e. The van der Waals surface area contributed by atoms with Crippen LogP contribution in [0.25, 0.3) is 0 Å². The van der Waals surface area contributed by atoms with Gasteiger partial charge in [-0.05, 0) is 61.8 Å². The summed E-state index contributed by atoms with van der Waals surface area (Å²) in [6.07, 6.45) is 2.14. The van der Waals surface area contributed by atoms with Gasteiger partial charge in [0.25, 0.3) is 0 Å². The summed E-state index contributed by atoms with van der Waals surface area (Å²) in [6, 6.07) is 13.9. The van der Waals surface area contributed by atoms with Crippen molar-refractivity contribution in [1.29, 1.82) is 0 Å². The van der Waals surface area contributed by atoms with Crippen LogP contribution < -0.4 is 10.2 Å². The number of carbonyl (C=O) groups is 2. The lowest BCUT2D eigenvalue weighted by molar-refractivity contribution is -0.122. The van der Waals surface area contributed by atoms with Crippen LogP contribution in [0.15, 0.2) is 58.3 Å². The van der Waals surface area contributed by atoms with Gasteiger partial charge in [0.1, 0.15) is 0 Å². The summed E-state index contributed by atoms with van der Waals surface area (Å²) in [5.41, 5.74) is 1.29. The Labute approximate surface area is 199 Å². The zero-order chi connectivity index (χ0) is 23.6. The number of rotatable bonds is 6. The molecule has 33 heavy (non-hydrogen) atoms. The number of likely N-dealkylation sites (N-methyl/N-ethyl adjacent to an activating group) is 1. The van der Waals surface area contributed by atoms with Gasteiger partial charge in [-0.25, -0.2) is 8.42 Å². The van der Waals surface area contributed by atoms with Crippen molar-refractivity contribution in [2.45, 2.75) is 16.2 Å². The van der Waals surface area contributed by atoms with E-state index in [1.165, 1.54) is 16.4 Å². The van der Waals surface area contributed by atoms with Crippen LogP contribution in [-0.2, 0) is 19.6 Å². The van der Waals surface area contributed by atoms with Gasteiger partial charge in [-0.15, -0.1) is 11.8 Å². The van der Waals surface area contributed by atoms with Gasteiger partial charge in [0.2, 0.25) is 21.8 Å². The molecule has 1 N–H and O–H groups in total. The first kappa shape index (κ1) is 23.7. The molecule has 2 fully saturated rings. The number of nitrogens with one attached hydrogen (secondary N) is 1. The number of anilines is 2. The van der Waals surface area contributed by atoms with E-state index in [1.54, 1.807) is 28.8 Å². The third kappa shape index (κ3) is 5.24. The summed E-state index contributed by atoms with van der Waals surface area (Å²) in [7, 11) is -1.58. The molecule has 2 aromatic rings. The van der Waals surface area contributed by atoms with Gasteiger partial charge in [-0.3, -0.25) is 9.59 Å². The fourth-order valence-corrected chi connectivity index (χ4v) is 5.86. The lowest BCUT2D eigenvalue weighted by Crippen LogP contribution is -2.46. The minimum Gasteiger partial charge on any atom is -0.326 e. The van der Waals surface area contributed by atoms with Crippen molar-refractivity contribution < 1.29 is 18.0 Å². The molecular weight excluding hydrogens is 460 g/mol. The molecule has 1 atom stereocenters. The van der Waals surface area contributed by atoms with Crippen molar-refractivity contribution in [3.8, 4) is 0 Å². The molecule has 0 spiro atoms. The minimum atomic E-state index is -3.56. The summed E-state index contributed by atoms with van der Waals surface area (Å²) in [4.78, 5) is 30.3. The average molecular weight is 489 g/mol. The highest BCUT2D eigenvalue weighted by molar-refractivity contribution is 7.98. The minimum absolute atomic E-state index is 0.0827. The predicted octanol–water partition coefficient (Wildman–Crippen LogP) is 2.34. The molecule has 0 saturated carbocycles. The van der Waals surface area contributed by atoms with E-state index in [4.69, 9.17) is 0 Å². The Balaban J connectivity index is 1.38. The fraction of sp³-hybridized carbons (Fsp3) is 0.391. The SMILES string of the molecule is CSc1ccc(N2CC(C(=O)Nc3ccc(S(=O)(=O)N4CCN(C)CC4)cc3)CC2=O)cc1. The molecule has 2 aromatic carbocycles. The van der Waals surface area contributed by atoms with E-state index >= 15 is 0 Å². The lowest BCUT2D eigenvalue weighted by Gasteiger charge is -2.31. The molecule has 2 saturated heterocycles. The monoisotopic (exact) mass is 488 g/mol. The molecule has 176 valence electrons. The molecule has 0 radical (unpaired) electrons. The second-order valence-electron chi connectivity index (χ2n) is 8.32. The van der Waals surface area contributed by atoms with Crippen molar-refractivity contribution in [2.24, 2.45) is 5.92 Å². The van der Waals surface area contributed by atoms with E-state index in [-0.39, 0.29) is 23.1 Å². The van der Waals surface area contributed by atoms with Crippen LogP contribution in [0.3, 0.4) is 0 Å². The van der Waals surface area contributed by atoms with E-state index < -0.39 is 15.9 Å². The van der Waals surface area contributed by atoms with E-state index in [2.05, 4.69) is 10.2 Å². The summed E-state index contributed by atoms with van der Waals surface area (Å²) < 4.78 is 27.2. The lowest BCUT2D eigenvalue weighted by atomic mass is 10.1. The van der Waals surface area contributed by atoms with E-state index in [9.17, 15) is 18.0 Å². The van der Waals surface area contributed by atoms with Gasteiger partial charge < -0.3 is 15.1 Å². The highest BCUT2D eigenvalue weighted by Gasteiger charge is 2.35. The quantitative estimate of drug-likeness (QED) is 0.628. The summed E-state index contributed by atoms with van der Waals surface area (Å²) in [5.74, 6) is -0.798. The van der Waals surface area contributed by atoms with E-state index in [1.807, 2.05) is 37.6 Å². The van der Waals surface area contributed by atoms with E-state index in [0.29, 0.717) is 38.4 Å². The number of carbonyl (C=O) groups excluding carboxylic acids is 2. The first-order valence-electron chi connectivity index (χ1n) is 10.8. The summed E-state index contributed by atoms with van der Waals surface area (Å²) >= 11 is 1.63. The number of hydrogen-bond acceptors (Lipinski definition) is 6. The topological polar surface area (TPSA) is 90.0 Å². The molecule has 10 heteroatoms. The van der Waals surface area contributed by atoms with Crippen LogP contribution in [0.4, 0.5) is 11.4 Å². The van der Waals surface area contributed by atoms with Gasteiger partial charge in [0.05, 0.1) is 10.8 Å². The number of piperazine rings is 1.